The highest BCUT2D eigenvalue weighted by Crippen LogP contribution is 2.35. The van der Waals surface area contributed by atoms with Gasteiger partial charge in [0, 0.05) is 25.3 Å². The normalized spacial score (nSPS) is 11.2. The molecule has 10 heteroatoms. The predicted octanol–water partition coefficient (Wildman–Crippen LogP) is 3.41. The first-order valence-electron chi connectivity index (χ1n) is 6.58. The molecule has 0 aliphatic carbocycles. The second-order valence-electron chi connectivity index (χ2n) is 4.85. The van der Waals surface area contributed by atoms with Gasteiger partial charge in [-0.2, -0.15) is 18.3 Å². The van der Waals surface area contributed by atoms with Gasteiger partial charge in [-0.25, -0.2) is 0 Å². The monoisotopic (exact) mass is 404 g/mol. The Labute approximate surface area is 143 Å². The number of anilines is 2. The number of nitrogens with one attached hydrogen (secondary N) is 2. The molecule has 0 radical (unpaired) electrons. The maximum atomic E-state index is 12.8. The predicted molar refractivity (Wildman–Crippen MR) is 84.6 cm³/mol. The molecule has 2 amide bonds. The summed E-state index contributed by atoms with van der Waals surface area (Å²) >= 11 is 2.78. The zero-order valence-corrected chi connectivity index (χ0v) is 14.1. The summed E-state index contributed by atoms with van der Waals surface area (Å²) in [7, 11) is 1.24. The summed E-state index contributed by atoms with van der Waals surface area (Å²) < 4.78 is 38.9. The second kappa shape index (κ2) is 6.63. The summed E-state index contributed by atoms with van der Waals surface area (Å²) in [5.41, 5.74) is -0.540. The van der Waals surface area contributed by atoms with Crippen molar-refractivity contribution in [3.8, 4) is 0 Å². The van der Waals surface area contributed by atoms with Crippen LogP contribution in [-0.2, 0) is 18.0 Å². The van der Waals surface area contributed by atoms with Crippen molar-refractivity contribution >= 4 is 39.1 Å². The SMILES string of the molecule is CC(=O)Nc1ccc(NC(=O)c2c(Br)c(C(F)(F)F)nn2C)cc1. The van der Waals surface area contributed by atoms with Crippen LogP contribution < -0.4 is 10.6 Å². The van der Waals surface area contributed by atoms with Gasteiger partial charge in [0.1, 0.15) is 5.69 Å². The Morgan fingerprint density at radius 3 is 2.04 bits per heavy atom. The lowest BCUT2D eigenvalue weighted by molar-refractivity contribution is -0.142. The Bertz CT molecular complexity index is 785. The van der Waals surface area contributed by atoms with E-state index < -0.39 is 22.3 Å². The molecule has 6 nitrogen and oxygen atoms in total. The molecule has 0 saturated heterocycles. The quantitative estimate of drug-likeness (QED) is 0.822. The fourth-order valence-corrected chi connectivity index (χ4v) is 2.70. The van der Waals surface area contributed by atoms with Crippen molar-refractivity contribution < 1.29 is 22.8 Å². The molecule has 0 aliphatic heterocycles. The van der Waals surface area contributed by atoms with E-state index in [2.05, 4.69) is 31.7 Å². The van der Waals surface area contributed by atoms with Crippen molar-refractivity contribution in [2.75, 3.05) is 10.6 Å². The van der Waals surface area contributed by atoms with Crippen LogP contribution in [0.2, 0.25) is 0 Å². The number of hydrogen-bond acceptors (Lipinski definition) is 3. The second-order valence-corrected chi connectivity index (χ2v) is 5.64. The minimum absolute atomic E-state index is 0.245. The van der Waals surface area contributed by atoms with Crippen LogP contribution in [-0.4, -0.2) is 21.6 Å². The molecular weight excluding hydrogens is 393 g/mol. The first kappa shape index (κ1) is 18.0. The number of carbonyl (C=O) groups excluding carboxylic acids is 2. The molecule has 0 aliphatic rings. The summed E-state index contributed by atoms with van der Waals surface area (Å²) in [6, 6.07) is 6.13. The van der Waals surface area contributed by atoms with Crippen molar-refractivity contribution in [3.05, 3.63) is 40.1 Å². The lowest BCUT2D eigenvalue weighted by Gasteiger charge is -2.07. The highest BCUT2D eigenvalue weighted by molar-refractivity contribution is 9.10. The maximum Gasteiger partial charge on any atom is 0.436 e. The van der Waals surface area contributed by atoms with Gasteiger partial charge in [-0.1, -0.05) is 0 Å². The molecule has 0 saturated carbocycles. The van der Waals surface area contributed by atoms with Crippen molar-refractivity contribution in [3.63, 3.8) is 0 Å². The molecule has 0 bridgehead atoms. The number of benzene rings is 1. The largest absolute Gasteiger partial charge is 0.436 e. The highest BCUT2D eigenvalue weighted by Gasteiger charge is 2.39. The minimum atomic E-state index is -4.67. The van der Waals surface area contributed by atoms with Crippen molar-refractivity contribution in [2.24, 2.45) is 7.05 Å². The van der Waals surface area contributed by atoms with Crippen molar-refractivity contribution in [1.29, 1.82) is 0 Å². The van der Waals surface area contributed by atoms with Crippen LogP contribution in [0.25, 0.3) is 0 Å². The summed E-state index contributed by atoms with van der Waals surface area (Å²) in [6.07, 6.45) is -4.67. The van der Waals surface area contributed by atoms with Gasteiger partial charge in [0.25, 0.3) is 5.91 Å². The number of amides is 2. The average molecular weight is 405 g/mol. The molecule has 0 unspecified atom stereocenters. The van der Waals surface area contributed by atoms with Gasteiger partial charge in [-0.3, -0.25) is 14.3 Å². The average Bonchev–Trinajstić information content (AvgIpc) is 2.75. The van der Waals surface area contributed by atoms with Crippen LogP contribution in [0.3, 0.4) is 0 Å². The Hall–Kier alpha value is -2.36. The Morgan fingerprint density at radius 2 is 1.62 bits per heavy atom. The minimum Gasteiger partial charge on any atom is -0.326 e. The van der Waals surface area contributed by atoms with Gasteiger partial charge in [0.2, 0.25) is 5.91 Å². The number of hydrogen-bond donors (Lipinski definition) is 2. The molecule has 0 atom stereocenters. The van der Waals surface area contributed by atoms with Gasteiger partial charge in [0.05, 0.1) is 4.47 Å². The van der Waals surface area contributed by atoms with E-state index in [0.29, 0.717) is 11.4 Å². The molecule has 1 heterocycles. The van der Waals surface area contributed by atoms with E-state index in [0.717, 1.165) is 4.68 Å². The smallest absolute Gasteiger partial charge is 0.326 e. The van der Waals surface area contributed by atoms with Crippen LogP contribution >= 0.6 is 15.9 Å². The number of rotatable bonds is 3. The van der Waals surface area contributed by atoms with Gasteiger partial charge in [-0.05, 0) is 40.2 Å². The number of aryl methyl sites for hydroxylation is 1. The number of alkyl halides is 3. The first-order chi connectivity index (χ1) is 11.1. The van der Waals surface area contributed by atoms with E-state index in [9.17, 15) is 22.8 Å². The Balaban J connectivity index is 2.21. The van der Waals surface area contributed by atoms with Gasteiger partial charge in [-0.15, -0.1) is 0 Å². The molecule has 128 valence electrons. The molecule has 24 heavy (non-hydrogen) atoms. The van der Waals surface area contributed by atoms with E-state index in [-0.39, 0.29) is 11.6 Å². The van der Waals surface area contributed by atoms with Gasteiger partial charge < -0.3 is 10.6 Å². The van der Waals surface area contributed by atoms with Crippen LogP contribution in [0.1, 0.15) is 23.1 Å². The van der Waals surface area contributed by atoms with Crippen molar-refractivity contribution in [2.45, 2.75) is 13.1 Å². The van der Waals surface area contributed by atoms with Crippen LogP contribution in [0.5, 0.6) is 0 Å². The van der Waals surface area contributed by atoms with Gasteiger partial charge in [0.15, 0.2) is 5.69 Å². The molecule has 0 fully saturated rings. The molecule has 0 spiro atoms. The fraction of sp³-hybridized carbons (Fsp3) is 0.214. The number of carbonyl (C=O) groups is 2. The van der Waals surface area contributed by atoms with E-state index in [1.54, 1.807) is 12.1 Å². The molecular formula is C14H12BrF3N4O2. The highest BCUT2D eigenvalue weighted by atomic mass is 79.9. The van der Waals surface area contributed by atoms with E-state index >= 15 is 0 Å². The third-order valence-electron chi connectivity index (χ3n) is 2.94. The van der Waals surface area contributed by atoms with Gasteiger partial charge >= 0.3 is 6.18 Å². The fourth-order valence-electron chi connectivity index (χ4n) is 1.96. The lowest BCUT2D eigenvalue weighted by Crippen LogP contribution is -2.16. The summed E-state index contributed by atoms with van der Waals surface area (Å²) in [5, 5.41) is 8.36. The third-order valence-corrected chi connectivity index (χ3v) is 3.69. The molecule has 2 aromatic rings. The summed E-state index contributed by atoms with van der Waals surface area (Å²) in [6.45, 7) is 1.36. The summed E-state index contributed by atoms with van der Waals surface area (Å²) in [5.74, 6) is -0.995. The van der Waals surface area contributed by atoms with E-state index in [1.165, 1.54) is 26.1 Å². The van der Waals surface area contributed by atoms with E-state index in [4.69, 9.17) is 0 Å². The molecule has 1 aromatic heterocycles. The van der Waals surface area contributed by atoms with Crippen LogP contribution in [0.4, 0.5) is 24.5 Å². The standard InChI is InChI=1S/C14H12BrF3N4O2/c1-7(23)19-8-3-5-9(6-4-8)20-13(24)11-10(15)12(14(16,17)18)21-22(11)2/h3-6H,1-2H3,(H,19,23)(H,20,24). The summed E-state index contributed by atoms with van der Waals surface area (Å²) in [4.78, 5) is 23.2. The lowest BCUT2D eigenvalue weighted by atomic mass is 10.2. The van der Waals surface area contributed by atoms with Crippen molar-refractivity contribution in [1.82, 2.24) is 9.78 Å². The Morgan fingerprint density at radius 1 is 1.12 bits per heavy atom. The molecule has 1 aromatic carbocycles. The number of halogens is 4. The Kier molecular flexibility index (Phi) is 4.97. The maximum absolute atomic E-state index is 12.8. The topological polar surface area (TPSA) is 76.0 Å². The van der Waals surface area contributed by atoms with E-state index in [1.807, 2.05) is 0 Å². The van der Waals surface area contributed by atoms with Crippen LogP contribution in [0.15, 0.2) is 28.7 Å². The first-order valence-corrected chi connectivity index (χ1v) is 7.37. The zero-order chi connectivity index (χ0) is 18.1. The van der Waals surface area contributed by atoms with Crippen LogP contribution in [0, 0.1) is 0 Å². The number of aromatic nitrogens is 2. The third kappa shape index (κ3) is 3.94. The number of nitrogens with zero attached hydrogens (tertiary/aromatic N) is 2. The molecule has 2 N–H and O–H groups in total. The zero-order valence-electron chi connectivity index (χ0n) is 12.5. The molecule has 2 rings (SSSR count).